The Balaban J connectivity index is 1.49. The van der Waals surface area contributed by atoms with Crippen molar-refractivity contribution in [1.29, 1.82) is 0 Å². The fraction of sp³-hybridized carbons (Fsp3) is 0.192. The van der Waals surface area contributed by atoms with Crippen molar-refractivity contribution in [2.45, 2.75) is 26.8 Å². The number of fused-ring (bicyclic) bond motifs is 1. The van der Waals surface area contributed by atoms with Crippen LogP contribution in [0.2, 0.25) is 0 Å². The van der Waals surface area contributed by atoms with Crippen molar-refractivity contribution in [3.05, 3.63) is 89.4 Å². The number of nitrogens with one attached hydrogen (secondary N) is 1. The zero-order valence-corrected chi connectivity index (χ0v) is 18.7. The number of carbonyl (C=O) groups excluding carboxylic acids is 1. The summed E-state index contributed by atoms with van der Waals surface area (Å²) in [6.45, 7) is 5.13. The van der Waals surface area contributed by atoms with Crippen LogP contribution in [-0.2, 0) is 6.54 Å². The van der Waals surface area contributed by atoms with E-state index >= 15 is 0 Å². The van der Waals surface area contributed by atoms with Gasteiger partial charge >= 0.3 is 0 Å². The fourth-order valence-corrected chi connectivity index (χ4v) is 3.90. The number of carbonyl (C=O) groups is 1. The molecule has 0 bridgehead atoms. The van der Waals surface area contributed by atoms with Gasteiger partial charge in [0.15, 0.2) is 0 Å². The van der Waals surface area contributed by atoms with E-state index in [1.807, 2.05) is 12.1 Å². The van der Waals surface area contributed by atoms with Gasteiger partial charge in [0.1, 0.15) is 17.3 Å². The maximum atomic E-state index is 13.3. The maximum Gasteiger partial charge on any atom is 0.255 e. The van der Waals surface area contributed by atoms with Gasteiger partial charge in [-0.05, 0) is 86.5 Å². The molecular weight excluding hydrogens is 427 g/mol. The lowest BCUT2D eigenvalue weighted by atomic mass is 10.1. The van der Waals surface area contributed by atoms with Crippen molar-refractivity contribution in [3.63, 3.8) is 0 Å². The normalized spacial score (nSPS) is 11.0. The van der Waals surface area contributed by atoms with E-state index in [4.69, 9.17) is 16.3 Å². The average molecular weight is 451 g/mol. The molecule has 0 atom stereocenters. The highest BCUT2D eigenvalue weighted by atomic mass is 35.5. The van der Waals surface area contributed by atoms with Gasteiger partial charge in [-0.1, -0.05) is 6.07 Å². The summed E-state index contributed by atoms with van der Waals surface area (Å²) < 4.78 is 21.6. The predicted molar refractivity (Wildman–Crippen MR) is 128 cm³/mol. The Bertz CT molecular complexity index is 1270. The van der Waals surface area contributed by atoms with Crippen LogP contribution in [0.5, 0.6) is 11.5 Å². The SMILES string of the molecule is Cc1c(C)n(CCCCl)c2ccc(Oc3ccc(C(=O)Nc4cccc(F)c4)cc3)cc12. The van der Waals surface area contributed by atoms with Crippen molar-refractivity contribution in [1.82, 2.24) is 4.57 Å². The van der Waals surface area contributed by atoms with Gasteiger partial charge in [0.25, 0.3) is 5.91 Å². The van der Waals surface area contributed by atoms with Crippen molar-refractivity contribution < 1.29 is 13.9 Å². The topological polar surface area (TPSA) is 43.3 Å². The van der Waals surface area contributed by atoms with Gasteiger partial charge in [-0.15, -0.1) is 11.6 Å². The molecular formula is C26H24ClFN2O2. The molecule has 1 N–H and O–H groups in total. The molecule has 4 nitrogen and oxygen atoms in total. The number of aromatic nitrogens is 1. The Morgan fingerprint density at radius 3 is 2.50 bits per heavy atom. The summed E-state index contributed by atoms with van der Waals surface area (Å²) in [6, 6.07) is 18.7. The molecule has 0 fully saturated rings. The first kappa shape index (κ1) is 21.9. The summed E-state index contributed by atoms with van der Waals surface area (Å²) in [4.78, 5) is 12.4. The van der Waals surface area contributed by atoms with E-state index in [1.165, 1.54) is 28.9 Å². The fourth-order valence-electron chi connectivity index (χ4n) is 3.78. The molecule has 0 radical (unpaired) electrons. The molecule has 4 rings (SSSR count). The van der Waals surface area contributed by atoms with Crippen LogP contribution in [0.25, 0.3) is 10.9 Å². The minimum absolute atomic E-state index is 0.312. The van der Waals surface area contributed by atoms with E-state index in [9.17, 15) is 9.18 Å². The second kappa shape index (κ2) is 9.45. The highest BCUT2D eigenvalue weighted by molar-refractivity contribution is 6.17. The number of alkyl halides is 1. The van der Waals surface area contributed by atoms with Crippen molar-refractivity contribution >= 4 is 34.1 Å². The zero-order valence-electron chi connectivity index (χ0n) is 18.0. The third-order valence-corrected chi connectivity index (χ3v) is 5.83. The summed E-state index contributed by atoms with van der Waals surface area (Å²) in [5, 5.41) is 3.84. The molecule has 0 aliphatic carbocycles. The smallest absolute Gasteiger partial charge is 0.255 e. The molecule has 0 spiro atoms. The maximum absolute atomic E-state index is 13.3. The van der Waals surface area contributed by atoms with E-state index in [-0.39, 0.29) is 5.91 Å². The molecule has 1 aromatic heterocycles. The van der Waals surface area contributed by atoms with Crippen LogP contribution in [0.4, 0.5) is 10.1 Å². The Labute approximate surface area is 191 Å². The van der Waals surface area contributed by atoms with E-state index in [2.05, 4.69) is 29.8 Å². The second-order valence-corrected chi connectivity index (χ2v) is 8.05. The van der Waals surface area contributed by atoms with Gasteiger partial charge in [-0.3, -0.25) is 4.79 Å². The van der Waals surface area contributed by atoms with Crippen molar-refractivity contribution in [2.75, 3.05) is 11.2 Å². The monoisotopic (exact) mass is 450 g/mol. The van der Waals surface area contributed by atoms with Crippen molar-refractivity contribution in [3.8, 4) is 11.5 Å². The lowest BCUT2D eigenvalue weighted by Crippen LogP contribution is -2.11. The van der Waals surface area contributed by atoms with Gasteiger partial charge in [0, 0.05) is 40.3 Å². The lowest BCUT2D eigenvalue weighted by Gasteiger charge is -2.09. The highest BCUT2D eigenvalue weighted by Crippen LogP contribution is 2.31. The van der Waals surface area contributed by atoms with Gasteiger partial charge in [0.2, 0.25) is 0 Å². The van der Waals surface area contributed by atoms with Gasteiger partial charge in [-0.25, -0.2) is 4.39 Å². The number of benzene rings is 3. The van der Waals surface area contributed by atoms with E-state index in [0.717, 1.165) is 24.1 Å². The minimum atomic E-state index is -0.400. The Hall–Kier alpha value is -3.31. The first-order valence-electron chi connectivity index (χ1n) is 10.5. The Morgan fingerprint density at radius 1 is 1.03 bits per heavy atom. The zero-order chi connectivity index (χ0) is 22.7. The number of anilines is 1. The third kappa shape index (κ3) is 4.63. The summed E-state index contributed by atoms with van der Waals surface area (Å²) in [5.41, 5.74) is 4.49. The van der Waals surface area contributed by atoms with Crippen molar-refractivity contribution in [2.24, 2.45) is 0 Å². The van der Waals surface area contributed by atoms with Crippen LogP contribution in [-0.4, -0.2) is 16.4 Å². The van der Waals surface area contributed by atoms with Crippen LogP contribution in [0, 0.1) is 19.7 Å². The third-order valence-electron chi connectivity index (χ3n) is 5.56. The molecule has 32 heavy (non-hydrogen) atoms. The number of hydrogen-bond donors (Lipinski definition) is 1. The number of amides is 1. The summed E-state index contributed by atoms with van der Waals surface area (Å²) >= 11 is 5.88. The summed E-state index contributed by atoms with van der Waals surface area (Å²) in [5.74, 6) is 1.28. The molecule has 3 aromatic carbocycles. The van der Waals surface area contributed by atoms with Gasteiger partial charge in [-0.2, -0.15) is 0 Å². The molecule has 6 heteroatoms. The molecule has 0 unspecified atom stereocenters. The number of hydrogen-bond acceptors (Lipinski definition) is 2. The summed E-state index contributed by atoms with van der Waals surface area (Å²) in [7, 11) is 0. The number of nitrogens with zero attached hydrogens (tertiary/aromatic N) is 1. The molecule has 0 aliphatic rings. The molecule has 1 heterocycles. The van der Waals surface area contributed by atoms with E-state index in [0.29, 0.717) is 22.9 Å². The first-order valence-corrected chi connectivity index (χ1v) is 11.0. The van der Waals surface area contributed by atoms with Gasteiger partial charge < -0.3 is 14.6 Å². The Morgan fingerprint density at radius 2 is 1.78 bits per heavy atom. The lowest BCUT2D eigenvalue weighted by molar-refractivity contribution is 0.102. The number of ether oxygens (including phenoxy) is 1. The summed E-state index contributed by atoms with van der Waals surface area (Å²) in [6.07, 6.45) is 0.920. The largest absolute Gasteiger partial charge is 0.457 e. The second-order valence-electron chi connectivity index (χ2n) is 7.67. The van der Waals surface area contributed by atoms with Gasteiger partial charge in [0.05, 0.1) is 0 Å². The highest BCUT2D eigenvalue weighted by Gasteiger charge is 2.12. The molecule has 4 aromatic rings. The minimum Gasteiger partial charge on any atom is -0.457 e. The predicted octanol–water partition coefficient (Wildman–Crippen LogP) is 7.07. The Kier molecular flexibility index (Phi) is 6.47. The van der Waals surface area contributed by atoms with Crippen LogP contribution in [0.1, 0.15) is 28.0 Å². The first-order chi connectivity index (χ1) is 15.5. The molecule has 0 saturated heterocycles. The number of halogens is 2. The van der Waals surface area contributed by atoms with E-state index in [1.54, 1.807) is 36.4 Å². The van der Waals surface area contributed by atoms with Crippen LogP contribution < -0.4 is 10.1 Å². The molecule has 164 valence electrons. The standard InChI is InChI=1S/C26H24ClFN2O2/c1-17-18(2)30(14-4-13-27)25-12-11-23(16-24(17)25)32-22-9-7-19(8-10-22)26(31)29-21-6-3-5-20(28)15-21/h3,5-12,15-16H,4,13-14H2,1-2H3,(H,29,31). The van der Waals surface area contributed by atoms with Crippen LogP contribution >= 0.6 is 11.6 Å². The average Bonchev–Trinajstić information content (AvgIpc) is 3.02. The molecule has 0 saturated carbocycles. The number of rotatable bonds is 7. The molecule has 1 amide bonds. The van der Waals surface area contributed by atoms with E-state index < -0.39 is 5.82 Å². The molecule has 0 aliphatic heterocycles. The van der Waals surface area contributed by atoms with Crippen LogP contribution in [0.15, 0.2) is 66.7 Å². The quantitative estimate of drug-likeness (QED) is 0.306. The van der Waals surface area contributed by atoms with Crippen LogP contribution in [0.3, 0.4) is 0 Å². The number of aryl methyl sites for hydroxylation is 2.